The Morgan fingerprint density at radius 1 is 0.857 bits per heavy atom. The van der Waals surface area contributed by atoms with E-state index in [0.717, 1.165) is 0 Å². The van der Waals surface area contributed by atoms with Crippen LogP contribution in [0.3, 0.4) is 0 Å². The molecule has 0 atom stereocenters. The van der Waals surface area contributed by atoms with Crippen molar-refractivity contribution in [1.82, 2.24) is 0 Å². The van der Waals surface area contributed by atoms with Crippen molar-refractivity contribution in [1.29, 1.82) is 0 Å². The number of rotatable bonds is 3. The maximum Gasteiger partial charge on any atom is 0.540 e. The predicted molar refractivity (Wildman–Crippen MR) is 56.9 cm³/mol. The summed E-state index contributed by atoms with van der Waals surface area (Å²) in [6, 6.07) is 0. The van der Waals surface area contributed by atoms with Gasteiger partial charge in [-0.15, -0.1) is 0 Å². The summed E-state index contributed by atoms with van der Waals surface area (Å²) in [6.07, 6.45) is 0. The Balaban J connectivity index is 4.91. The normalized spacial score (nSPS) is 14.6. The SMILES string of the molecule is CC(C)(C)O[Si](ON)(ON)C(C)(C)C. The molecule has 4 N–H and O–H groups in total. The van der Waals surface area contributed by atoms with Crippen molar-refractivity contribution in [3.8, 4) is 0 Å². The second-order valence-electron chi connectivity index (χ2n) is 5.26. The second-order valence-corrected chi connectivity index (χ2v) is 8.54. The highest BCUT2D eigenvalue weighted by Gasteiger charge is 2.55. The molecule has 0 unspecified atom stereocenters. The molecule has 0 aliphatic heterocycles. The van der Waals surface area contributed by atoms with Crippen LogP contribution < -0.4 is 11.8 Å². The zero-order chi connectivity index (χ0) is 11.6. The highest BCUT2D eigenvalue weighted by atomic mass is 28.4. The summed E-state index contributed by atoms with van der Waals surface area (Å²) in [7, 11) is -3.02. The molecule has 14 heavy (non-hydrogen) atoms. The van der Waals surface area contributed by atoms with Gasteiger partial charge in [-0.05, 0) is 20.8 Å². The summed E-state index contributed by atoms with van der Waals surface area (Å²) in [5.41, 5.74) is -0.405. The molecule has 0 aromatic heterocycles. The molecule has 0 amide bonds. The summed E-state index contributed by atoms with van der Waals surface area (Å²) in [5, 5.41) is -0.357. The van der Waals surface area contributed by atoms with Gasteiger partial charge in [0.15, 0.2) is 0 Å². The van der Waals surface area contributed by atoms with Crippen molar-refractivity contribution in [2.24, 2.45) is 11.8 Å². The summed E-state index contributed by atoms with van der Waals surface area (Å²) in [5.74, 6) is 10.5. The van der Waals surface area contributed by atoms with Gasteiger partial charge in [0.25, 0.3) is 0 Å². The molecule has 0 spiro atoms. The third kappa shape index (κ3) is 3.30. The molecule has 0 heterocycles. The highest BCUT2D eigenvalue weighted by Crippen LogP contribution is 2.38. The first-order chi connectivity index (χ1) is 6.08. The van der Waals surface area contributed by atoms with Crippen molar-refractivity contribution in [3.63, 3.8) is 0 Å². The summed E-state index contributed by atoms with van der Waals surface area (Å²) < 4.78 is 15.5. The van der Waals surface area contributed by atoms with Crippen LogP contribution in [0.15, 0.2) is 0 Å². The van der Waals surface area contributed by atoms with Gasteiger partial charge in [0.05, 0.1) is 5.60 Å². The molecule has 0 radical (unpaired) electrons. The van der Waals surface area contributed by atoms with Crippen molar-refractivity contribution in [2.45, 2.75) is 52.2 Å². The molecule has 0 aromatic carbocycles. The first kappa shape index (κ1) is 14.0. The third-order valence-electron chi connectivity index (χ3n) is 1.67. The van der Waals surface area contributed by atoms with Gasteiger partial charge >= 0.3 is 8.80 Å². The first-order valence-corrected chi connectivity index (χ1v) is 6.26. The van der Waals surface area contributed by atoms with E-state index in [0.29, 0.717) is 0 Å². The van der Waals surface area contributed by atoms with Gasteiger partial charge in [-0.3, -0.25) is 9.05 Å². The zero-order valence-electron chi connectivity index (χ0n) is 9.88. The van der Waals surface area contributed by atoms with Crippen LogP contribution in [-0.4, -0.2) is 14.4 Å². The van der Waals surface area contributed by atoms with Crippen LogP contribution in [0.5, 0.6) is 0 Å². The molecule has 86 valence electrons. The van der Waals surface area contributed by atoms with Crippen LogP contribution in [0.4, 0.5) is 0 Å². The molecule has 0 saturated heterocycles. The fourth-order valence-corrected chi connectivity index (χ4v) is 2.96. The number of nitrogens with two attached hydrogens (primary N) is 2. The van der Waals surface area contributed by atoms with Gasteiger partial charge in [-0.1, -0.05) is 20.8 Å². The van der Waals surface area contributed by atoms with Gasteiger partial charge < -0.3 is 4.43 Å². The Kier molecular flexibility index (Phi) is 4.26. The average Bonchev–Trinajstić information content (AvgIpc) is 1.96. The van der Waals surface area contributed by atoms with E-state index >= 15 is 0 Å². The van der Waals surface area contributed by atoms with Gasteiger partial charge in [0, 0.05) is 5.04 Å². The summed E-state index contributed by atoms with van der Waals surface area (Å²) in [4.78, 5) is 0. The first-order valence-electron chi connectivity index (χ1n) is 4.54. The lowest BCUT2D eigenvalue weighted by Crippen LogP contribution is -2.59. The standard InChI is InChI=1S/C8H22N2O3Si/c1-7(2,3)11-14(12-9,13-10)8(4,5)6/h9-10H2,1-6H3. The highest BCUT2D eigenvalue weighted by molar-refractivity contribution is 6.63. The number of hydrogen-bond donors (Lipinski definition) is 2. The minimum absolute atomic E-state index is 0.357. The van der Waals surface area contributed by atoms with E-state index in [1.165, 1.54) is 0 Å². The van der Waals surface area contributed by atoms with E-state index in [1.54, 1.807) is 0 Å². The third-order valence-corrected chi connectivity index (χ3v) is 5.01. The predicted octanol–water partition coefficient (Wildman–Crippen LogP) is 1.32. The fourth-order valence-electron chi connectivity index (χ4n) is 0.986. The lowest BCUT2D eigenvalue weighted by atomic mass is 10.2. The summed E-state index contributed by atoms with van der Waals surface area (Å²) >= 11 is 0. The van der Waals surface area contributed by atoms with E-state index in [1.807, 2.05) is 41.5 Å². The van der Waals surface area contributed by atoms with Crippen LogP contribution in [0.2, 0.25) is 5.04 Å². The molecule has 0 saturated carbocycles. The monoisotopic (exact) mass is 222 g/mol. The summed E-state index contributed by atoms with van der Waals surface area (Å²) in [6.45, 7) is 11.5. The van der Waals surface area contributed by atoms with Crippen molar-refractivity contribution in [2.75, 3.05) is 0 Å². The zero-order valence-corrected chi connectivity index (χ0v) is 10.9. The van der Waals surface area contributed by atoms with Crippen LogP contribution in [-0.2, 0) is 13.5 Å². The van der Waals surface area contributed by atoms with Crippen LogP contribution >= 0.6 is 0 Å². The minimum atomic E-state index is -3.02. The largest absolute Gasteiger partial charge is 0.540 e. The average molecular weight is 222 g/mol. The Morgan fingerprint density at radius 3 is 1.29 bits per heavy atom. The maximum absolute atomic E-state index is 5.73. The second kappa shape index (κ2) is 4.26. The van der Waals surface area contributed by atoms with Gasteiger partial charge in [0.2, 0.25) is 0 Å². The van der Waals surface area contributed by atoms with Gasteiger partial charge in [-0.25, -0.2) is 11.8 Å². The molecule has 0 aliphatic rings. The quantitative estimate of drug-likeness (QED) is 0.556. The minimum Gasteiger partial charge on any atom is -0.367 e. The Hall–Kier alpha value is 0.0169. The van der Waals surface area contributed by atoms with Gasteiger partial charge in [-0.2, -0.15) is 0 Å². The lowest BCUT2D eigenvalue weighted by Gasteiger charge is -2.39. The number of hydrogen-bond acceptors (Lipinski definition) is 5. The van der Waals surface area contributed by atoms with Gasteiger partial charge in [0.1, 0.15) is 0 Å². The van der Waals surface area contributed by atoms with E-state index in [-0.39, 0.29) is 5.04 Å². The Labute approximate surface area is 87.0 Å². The van der Waals surface area contributed by atoms with E-state index < -0.39 is 14.4 Å². The fraction of sp³-hybridized carbons (Fsp3) is 1.00. The molecule has 0 bridgehead atoms. The maximum atomic E-state index is 5.73. The van der Waals surface area contributed by atoms with Crippen LogP contribution in [0.25, 0.3) is 0 Å². The molecule has 0 fully saturated rings. The lowest BCUT2D eigenvalue weighted by molar-refractivity contribution is -0.0208. The molecule has 0 rings (SSSR count). The Morgan fingerprint density at radius 2 is 1.21 bits per heavy atom. The molecule has 6 heteroatoms. The van der Waals surface area contributed by atoms with Crippen LogP contribution in [0.1, 0.15) is 41.5 Å². The molecule has 0 aromatic rings. The van der Waals surface area contributed by atoms with Crippen molar-refractivity contribution >= 4 is 8.80 Å². The van der Waals surface area contributed by atoms with Crippen LogP contribution in [0, 0.1) is 0 Å². The molecular weight excluding hydrogens is 200 g/mol. The van der Waals surface area contributed by atoms with E-state index in [4.69, 9.17) is 25.3 Å². The smallest absolute Gasteiger partial charge is 0.367 e. The topological polar surface area (TPSA) is 79.7 Å². The molecular formula is C8H22N2O3Si. The molecule has 0 aliphatic carbocycles. The van der Waals surface area contributed by atoms with Crippen molar-refractivity contribution < 1.29 is 13.5 Å². The van der Waals surface area contributed by atoms with E-state index in [9.17, 15) is 0 Å². The molecule has 5 nitrogen and oxygen atoms in total. The van der Waals surface area contributed by atoms with E-state index in [2.05, 4.69) is 0 Å². The van der Waals surface area contributed by atoms with Crippen molar-refractivity contribution in [3.05, 3.63) is 0 Å². The Bertz CT molecular complexity index is 182.